The molecule has 6 nitrogen and oxygen atoms in total. The van der Waals surface area contributed by atoms with Crippen LogP contribution in [0, 0.1) is 6.92 Å². The van der Waals surface area contributed by atoms with Crippen molar-refractivity contribution in [3.63, 3.8) is 0 Å². The zero-order chi connectivity index (χ0) is 21.4. The molecule has 2 fully saturated rings. The number of halogens is 1. The van der Waals surface area contributed by atoms with Crippen molar-refractivity contribution in [3.8, 4) is 0 Å². The van der Waals surface area contributed by atoms with Crippen molar-refractivity contribution in [1.29, 1.82) is 0 Å². The number of hydrogen-bond donors (Lipinski definition) is 1. The predicted molar refractivity (Wildman–Crippen MR) is 125 cm³/mol. The number of ether oxygens (including phenoxy) is 1. The van der Waals surface area contributed by atoms with Gasteiger partial charge in [-0.3, -0.25) is 0 Å². The van der Waals surface area contributed by atoms with E-state index in [1.165, 1.54) is 11.1 Å². The topological polar surface area (TPSA) is 73.3 Å². The summed E-state index contributed by atoms with van der Waals surface area (Å²) in [7, 11) is 0. The zero-order valence-electron chi connectivity index (χ0n) is 17.9. The average molecular weight is 461 g/mol. The Morgan fingerprint density at radius 2 is 1.90 bits per heavy atom. The first-order valence-electron chi connectivity index (χ1n) is 11.2. The van der Waals surface area contributed by atoms with Crippen LogP contribution in [0.3, 0.4) is 0 Å². The Kier molecular flexibility index (Phi) is 6.28. The summed E-state index contributed by atoms with van der Waals surface area (Å²) >= 11 is 5.28. The Labute approximate surface area is 191 Å². The Morgan fingerprint density at radius 3 is 2.65 bits per heavy atom. The molecule has 0 aliphatic carbocycles. The van der Waals surface area contributed by atoms with Gasteiger partial charge < -0.3 is 19.5 Å². The summed E-state index contributed by atoms with van der Waals surface area (Å²) in [5.41, 5.74) is 3.49. The Morgan fingerprint density at radius 1 is 1.13 bits per heavy atom. The number of fused-ring (bicyclic) bond motifs is 1. The van der Waals surface area contributed by atoms with Gasteiger partial charge in [-0.05, 0) is 73.0 Å². The molecule has 1 atom stereocenters. The van der Waals surface area contributed by atoms with Crippen molar-refractivity contribution in [3.05, 3.63) is 40.0 Å². The Bertz CT molecular complexity index is 925. The lowest BCUT2D eigenvalue weighted by Crippen LogP contribution is -2.35. The maximum atomic E-state index is 12.6. The van der Waals surface area contributed by atoms with Crippen LogP contribution in [-0.4, -0.2) is 52.6 Å². The second kappa shape index (κ2) is 9.14. The Balaban J connectivity index is 1.34. The van der Waals surface area contributed by atoms with Gasteiger partial charge in [-0.25, -0.2) is 4.98 Å². The summed E-state index contributed by atoms with van der Waals surface area (Å²) < 4.78 is 18.1. The van der Waals surface area contributed by atoms with Crippen molar-refractivity contribution in [1.82, 2.24) is 9.97 Å². The monoisotopic (exact) mass is 460 g/mol. The number of nitrogens with zero attached hydrogens (tertiary/aromatic N) is 3. The lowest BCUT2D eigenvalue weighted by atomic mass is 9.89. The van der Waals surface area contributed by atoms with Crippen LogP contribution in [0.2, 0.25) is 5.02 Å². The average Bonchev–Trinajstić information content (AvgIpc) is 3.15. The molecule has 4 heterocycles. The van der Waals surface area contributed by atoms with Crippen LogP contribution in [0.15, 0.2) is 23.1 Å². The van der Waals surface area contributed by atoms with Crippen LogP contribution in [0.25, 0.3) is 0 Å². The highest BCUT2D eigenvalue weighted by Crippen LogP contribution is 2.36. The second-order valence-corrected chi connectivity index (χ2v) is 10.7. The number of nitrogens with one attached hydrogen (secondary N) is 1. The van der Waals surface area contributed by atoms with E-state index in [1.54, 1.807) is 0 Å². The SMILES string of the molecule is Cc1cc(Cl)cc(C2CCN(c3nc4c(c(NC5CCOCC5)n3)[S+]([O-])CC4)CC2)c1. The fourth-order valence-electron chi connectivity index (χ4n) is 4.87. The molecule has 31 heavy (non-hydrogen) atoms. The summed E-state index contributed by atoms with van der Waals surface area (Å²) in [4.78, 5) is 12.8. The molecule has 0 bridgehead atoms. The predicted octanol–water partition coefficient (Wildman–Crippen LogP) is 4.08. The van der Waals surface area contributed by atoms with E-state index < -0.39 is 11.2 Å². The highest BCUT2D eigenvalue weighted by atomic mass is 35.5. The van der Waals surface area contributed by atoms with Crippen LogP contribution in [0.5, 0.6) is 0 Å². The molecule has 3 aliphatic rings. The summed E-state index contributed by atoms with van der Waals surface area (Å²) in [5.74, 6) is 2.70. The summed E-state index contributed by atoms with van der Waals surface area (Å²) in [6.45, 7) is 5.44. The van der Waals surface area contributed by atoms with Crippen molar-refractivity contribution >= 4 is 34.5 Å². The fourth-order valence-corrected chi connectivity index (χ4v) is 6.48. The molecule has 3 aliphatic heterocycles. The van der Waals surface area contributed by atoms with Crippen molar-refractivity contribution in [2.45, 2.75) is 55.9 Å². The molecule has 0 amide bonds. The van der Waals surface area contributed by atoms with Gasteiger partial charge in [-0.2, -0.15) is 4.98 Å². The third kappa shape index (κ3) is 4.65. The molecule has 8 heteroatoms. The van der Waals surface area contributed by atoms with Gasteiger partial charge in [0.05, 0.1) is 0 Å². The van der Waals surface area contributed by atoms with Gasteiger partial charge >= 0.3 is 0 Å². The molecule has 1 unspecified atom stereocenters. The summed E-state index contributed by atoms with van der Waals surface area (Å²) in [5, 5.41) is 4.39. The van der Waals surface area contributed by atoms with E-state index in [9.17, 15) is 4.55 Å². The molecular formula is C23H29ClN4O2S. The molecule has 5 rings (SSSR count). The normalized spacial score (nSPS) is 22.5. The van der Waals surface area contributed by atoms with E-state index in [2.05, 4.69) is 29.3 Å². The quantitative estimate of drug-likeness (QED) is 0.693. The number of hydrogen-bond acceptors (Lipinski definition) is 6. The van der Waals surface area contributed by atoms with Gasteiger partial charge in [0.2, 0.25) is 10.8 Å². The lowest BCUT2D eigenvalue weighted by Gasteiger charge is -2.33. The fraction of sp³-hybridized carbons (Fsp3) is 0.565. The van der Waals surface area contributed by atoms with Gasteiger partial charge in [0.1, 0.15) is 11.4 Å². The van der Waals surface area contributed by atoms with Crippen LogP contribution < -0.4 is 10.2 Å². The van der Waals surface area contributed by atoms with Crippen LogP contribution in [0.1, 0.15) is 48.4 Å². The van der Waals surface area contributed by atoms with Crippen molar-refractivity contribution in [2.75, 3.05) is 42.3 Å². The molecule has 166 valence electrons. The summed E-state index contributed by atoms with van der Waals surface area (Å²) in [6, 6.07) is 6.68. The number of aromatic nitrogens is 2. The minimum absolute atomic E-state index is 0.315. The minimum Gasteiger partial charge on any atom is -0.611 e. The molecule has 0 saturated carbocycles. The number of anilines is 2. The molecule has 0 spiro atoms. The first-order valence-corrected chi connectivity index (χ1v) is 12.9. The van der Waals surface area contributed by atoms with E-state index in [1.807, 2.05) is 6.07 Å². The largest absolute Gasteiger partial charge is 0.611 e. The lowest BCUT2D eigenvalue weighted by molar-refractivity contribution is 0.0903. The van der Waals surface area contributed by atoms with Crippen LogP contribution >= 0.6 is 11.6 Å². The van der Waals surface area contributed by atoms with E-state index >= 15 is 0 Å². The molecule has 1 aromatic carbocycles. The summed E-state index contributed by atoms with van der Waals surface area (Å²) in [6.07, 6.45) is 4.76. The highest BCUT2D eigenvalue weighted by Gasteiger charge is 2.34. The van der Waals surface area contributed by atoms with E-state index in [0.29, 0.717) is 17.7 Å². The number of aryl methyl sites for hydroxylation is 2. The number of piperidine rings is 1. The zero-order valence-corrected chi connectivity index (χ0v) is 19.5. The molecule has 2 aromatic rings. The maximum absolute atomic E-state index is 12.6. The van der Waals surface area contributed by atoms with Crippen molar-refractivity contribution in [2.24, 2.45) is 0 Å². The standard InChI is InChI=1S/C23H29ClN4O2S/c1-15-12-17(14-18(24)13-15)16-2-7-28(8-3-16)23-26-20-6-11-31(29)21(20)22(27-23)25-19-4-9-30-10-5-19/h12-14,16,19H,2-11H2,1H3,(H,25,26,27). The van der Waals surface area contributed by atoms with E-state index in [0.717, 1.165) is 85.8 Å². The maximum Gasteiger partial charge on any atom is 0.227 e. The first-order chi connectivity index (χ1) is 15.1. The van der Waals surface area contributed by atoms with E-state index in [-0.39, 0.29) is 0 Å². The van der Waals surface area contributed by atoms with Gasteiger partial charge in [-0.15, -0.1) is 0 Å². The van der Waals surface area contributed by atoms with Gasteiger partial charge in [0.25, 0.3) is 0 Å². The van der Waals surface area contributed by atoms with E-state index in [4.69, 9.17) is 26.3 Å². The minimum atomic E-state index is -1.01. The molecular weight excluding hydrogens is 432 g/mol. The smallest absolute Gasteiger partial charge is 0.227 e. The third-order valence-electron chi connectivity index (χ3n) is 6.55. The Hall–Kier alpha value is -1.54. The number of benzene rings is 1. The van der Waals surface area contributed by atoms with Gasteiger partial charge in [-0.1, -0.05) is 17.7 Å². The molecule has 0 radical (unpaired) electrons. The van der Waals surface area contributed by atoms with Crippen LogP contribution in [-0.2, 0) is 22.3 Å². The van der Waals surface area contributed by atoms with Gasteiger partial charge in [0, 0.05) is 43.8 Å². The van der Waals surface area contributed by atoms with Crippen LogP contribution in [0.4, 0.5) is 11.8 Å². The first kappa shape index (κ1) is 21.3. The number of rotatable bonds is 4. The molecule has 2 saturated heterocycles. The van der Waals surface area contributed by atoms with Gasteiger partial charge in [0.15, 0.2) is 5.82 Å². The van der Waals surface area contributed by atoms with Crippen molar-refractivity contribution < 1.29 is 9.29 Å². The highest BCUT2D eigenvalue weighted by molar-refractivity contribution is 7.91. The molecule has 1 N–H and O–H groups in total. The third-order valence-corrected chi connectivity index (χ3v) is 8.23. The molecule has 1 aromatic heterocycles. The second-order valence-electron chi connectivity index (χ2n) is 8.80.